The molecule has 2 aromatic carbocycles. The molecule has 0 aliphatic heterocycles. The first kappa shape index (κ1) is 13.1. The van der Waals surface area contributed by atoms with Gasteiger partial charge in [-0.2, -0.15) is 0 Å². The quantitative estimate of drug-likeness (QED) is 0.374. The van der Waals surface area contributed by atoms with Crippen molar-refractivity contribution < 1.29 is 0 Å². The summed E-state index contributed by atoms with van der Waals surface area (Å²) < 4.78 is 4.27. The number of hydrogen-bond donors (Lipinski definition) is 0. The molecule has 0 aliphatic carbocycles. The van der Waals surface area contributed by atoms with Crippen LogP contribution >= 0.6 is 22.7 Å². The Hall–Kier alpha value is -1.64. The van der Waals surface area contributed by atoms with Gasteiger partial charge in [-0.3, -0.25) is 0 Å². The second-order valence-corrected chi connectivity index (χ2v) is 7.58. The first-order valence-corrected chi connectivity index (χ1v) is 8.92. The summed E-state index contributed by atoms with van der Waals surface area (Å²) in [6.07, 6.45) is 5.62. The average Bonchev–Trinajstić information content (AvgIpc) is 3.02. The number of aryl methyl sites for hydroxylation is 1. The molecule has 104 valence electrons. The summed E-state index contributed by atoms with van der Waals surface area (Å²) in [5.41, 5.74) is 1.40. The highest BCUT2D eigenvalue weighted by molar-refractivity contribution is 7.31. The molecule has 2 aromatic heterocycles. The summed E-state index contributed by atoms with van der Waals surface area (Å²) in [6, 6.07) is 13.3. The first-order valence-electron chi connectivity index (χ1n) is 7.29. The van der Waals surface area contributed by atoms with E-state index in [0.29, 0.717) is 0 Å². The third-order valence-corrected chi connectivity index (χ3v) is 6.43. The molecule has 0 aliphatic rings. The minimum Gasteiger partial charge on any atom is -0.138 e. The molecule has 0 saturated heterocycles. The number of fused-ring (bicyclic) bond motifs is 5. The molecule has 4 aromatic rings. The van der Waals surface area contributed by atoms with E-state index >= 15 is 0 Å². The highest BCUT2D eigenvalue weighted by Crippen LogP contribution is 2.43. The monoisotopic (exact) mass is 308 g/mol. The zero-order valence-corrected chi connectivity index (χ0v) is 13.8. The van der Waals surface area contributed by atoms with Gasteiger partial charge in [0.1, 0.15) is 0 Å². The van der Waals surface area contributed by atoms with E-state index in [4.69, 9.17) is 0 Å². The van der Waals surface area contributed by atoms with Crippen molar-refractivity contribution in [3.05, 3.63) is 52.9 Å². The molecule has 2 heterocycles. The molecule has 0 bridgehead atoms. The van der Waals surface area contributed by atoms with Gasteiger partial charge in [0.2, 0.25) is 0 Å². The molecule has 4 rings (SSSR count). The van der Waals surface area contributed by atoms with Gasteiger partial charge < -0.3 is 0 Å². The Morgan fingerprint density at radius 2 is 1.67 bits per heavy atom. The Bertz CT molecular complexity index is 983. The summed E-state index contributed by atoms with van der Waals surface area (Å²) in [5.74, 6) is 0. The second-order valence-electron chi connectivity index (χ2n) is 5.30. The van der Waals surface area contributed by atoms with Crippen molar-refractivity contribution in [2.24, 2.45) is 0 Å². The van der Waals surface area contributed by atoms with Crippen molar-refractivity contribution >= 4 is 59.0 Å². The van der Waals surface area contributed by atoms with Gasteiger partial charge in [0.15, 0.2) is 0 Å². The topological polar surface area (TPSA) is 0 Å². The Labute approximate surface area is 132 Å². The molecular weight excluding hydrogens is 292 g/mol. The lowest BCUT2D eigenvalue weighted by Crippen LogP contribution is -1.72. The molecule has 2 heteroatoms. The third kappa shape index (κ3) is 1.94. The average molecular weight is 308 g/mol. The van der Waals surface area contributed by atoms with E-state index in [-0.39, 0.29) is 0 Å². The zero-order valence-electron chi connectivity index (χ0n) is 12.1. The predicted octanol–water partition coefficient (Wildman–Crippen LogP) is 7.00. The van der Waals surface area contributed by atoms with Crippen molar-refractivity contribution in [2.75, 3.05) is 0 Å². The number of allylic oxidation sites excluding steroid dienone is 1. The standard InChI is InChI=1S/C19H16S2/c1-3-4-7-13-12(2)20-18-15(13)10-11-16-14-8-5-6-9-17(14)21-19(16)18/h4-11H,3H2,1-2H3/b7-4-. The lowest BCUT2D eigenvalue weighted by Gasteiger charge is -1.96. The Morgan fingerprint density at radius 1 is 0.905 bits per heavy atom. The van der Waals surface area contributed by atoms with Crippen LogP contribution in [-0.2, 0) is 0 Å². The highest BCUT2D eigenvalue weighted by Gasteiger charge is 2.13. The van der Waals surface area contributed by atoms with Gasteiger partial charge >= 0.3 is 0 Å². The molecule has 0 atom stereocenters. The van der Waals surface area contributed by atoms with Gasteiger partial charge in [-0.1, -0.05) is 49.4 Å². The summed E-state index contributed by atoms with van der Waals surface area (Å²) in [6.45, 7) is 4.42. The molecule has 0 N–H and O–H groups in total. The summed E-state index contributed by atoms with van der Waals surface area (Å²) >= 11 is 3.86. The van der Waals surface area contributed by atoms with Crippen LogP contribution in [0, 0.1) is 6.92 Å². The second kappa shape index (κ2) is 4.97. The Balaban J connectivity index is 2.12. The van der Waals surface area contributed by atoms with Gasteiger partial charge in [-0.05, 0) is 25.0 Å². The maximum Gasteiger partial charge on any atom is 0.0534 e. The molecular formula is C19H16S2. The van der Waals surface area contributed by atoms with Crippen LogP contribution in [-0.4, -0.2) is 0 Å². The minimum atomic E-state index is 1.09. The molecule has 21 heavy (non-hydrogen) atoms. The van der Waals surface area contributed by atoms with Crippen LogP contribution in [0.4, 0.5) is 0 Å². The van der Waals surface area contributed by atoms with Crippen LogP contribution in [0.3, 0.4) is 0 Å². The van der Waals surface area contributed by atoms with E-state index < -0.39 is 0 Å². The molecule has 0 radical (unpaired) electrons. The Morgan fingerprint density at radius 3 is 2.52 bits per heavy atom. The van der Waals surface area contributed by atoms with E-state index in [1.165, 1.54) is 40.7 Å². The molecule has 0 spiro atoms. The van der Waals surface area contributed by atoms with E-state index in [2.05, 4.69) is 62.4 Å². The van der Waals surface area contributed by atoms with E-state index in [0.717, 1.165) is 6.42 Å². The van der Waals surface area contributed by atoms with Gasteiger partial charge in [0.05, 0.1) is 9.40 Å². The maximum absolute atomic E-state index is 2.30. The van der Waals surface area contributed by atoms with Crippen molar-refractivity contribution in [3.63, 3.8) is 0 Å². The normalized spacial score (nSPS) is 12.3. The SMILES string of the molecule is CC/C=C\c1c(C)sc2c1ccc1c3ccccc3sc12. The molecule has 0 unspecified atom stereocenters. The third-order valence-electron chi connectivity index (χ3n) is 3.95. The molecule has 0 fully saturated rings. The smallest absolute Gasteiger partial charge is 0.0534 e. The highest BCUT2D eigenvalue weighted by atomic mass is 32.1. The lowest BCUT2D eigenvalue weighted by atomic mass is 10.1. The van der Waals surface area contributed by atoms with Crippen molar-refractivity contribution in [2.45, 2.75) is 20.3 Å². The summed E-state index contributed by atoms with van der Waals surface area (Å²) in [5, 5.41) is 4.19. The predicted molar refractivity (Wildman–Crippen MR) is 98.8 cm³/mol. The number of benzene rings is 2. The van der Waals surface area contributed by atoms with Crippen LogP contribution in [0.15, 0.2) is 42.5 Å². The van der Waals surface area contributed by atoms with Crippen molar-refractivity contribution in [1.82, 2.24) is 0 Å². The van der Waals surface area contributed by atoms with Gasteiger partial charge in [0.25, 0.3) is 0 Å². The first-order chi connectivity index (χ1) is 10.3. The van der Waals surface area contributed by atoms with Crippen molar-refractivity contribution in [3.8, 4) is 0 Å². The number of rotatable bonds is 2. The Kier molecular flexibility index (Phi) is 3.09. The summed E-state index contributed by atoms with van der Waals surface area (Å²) in [4.78, 5) is 1.42. The van der Waals surface area contributed by atoms with Crippen LogP contribution in [0.1, 0.15) is 23.8 Å². The van der Waals surface area contributed by atoms with E-state index in [1.54, 1.807) is 0 Å². The van der Waals surface area contributed by atoms with Crippen LogP contribution < -0.4 is 0 Å². The van der Waals surface area contributed by atoms with Crippen molar-refractivity contribution in [1.29, 1.82) is 0 Å². The maximum atomic E-state index is 2.30. The molecule has 0 amide bonds. The number of hydrogen-bond acceptors (Lipinski definition) is 2. The van der Waals surface area contributed by atoms with E-state index in [9.17, 15) is 0 Å². The van der Waals surface area contributed by atoms with Gasteiger partial charge in [-0.15, -0.1) is 22.7 Å². The molecule has 0 nitrogen and oxygen atoms in total. The van der Waals surface area contributed by atoms with E-state index in [1.807, 2.05) is 22.7 Å². The molecule has 0 saturated carbocycles. The minimum absolute atomic E-state index is 1.09. The fourth-order valence-electron chi connectivity index (χ4n) is 2.92. The van der Waals surface area contributed by atoms with Crippen LogP contribution in [0.25, 0.3) is 36.3 Å². The lowest BCUT2D eigenvalue weighted by molar-refractivity contribution is 1.23. The fourth-order valence-corrected chi connectivity index (χ4v) is 5.40. The largest absolute Gasteiger partial charge is 0.138 e. The zero-order chi connectivity index (χ0) is 14.4. The van der Waals surface area contributed by atoms with Crippen LogP contribution in [0.2, 0.25) is 0 Å². The number of thiophene rings is 2. The summed E-state index contributed by atoms with van der Waals surface area (Å²) in [7, 11) is 0. The fraction of sp³-hybridized carbons (Fsp3) is 0.158. The van der Waals surface area contributed by atoms with Gasteiger partial charge in [-0.25, -0.2) is 0 Å². The van der Waals surface area contributed by atoms with Gasteiger partial charge in [0, 0.05) is 25.7 Å². The van der Waals surface area contributed by atoms with Crippen LogP contribution in [0.5, 0.6) is 0 Å².